The van der Waals surface area contributed by atoms with Crippen LogP contribution in [-0.4, -0.2) is 41.6 Å². The SMILES string of the molecule is CCCOC(=O)[C@H](CC(C)C)NS(=O)(=O)c1ccc(Cn2c(C)nc3cnccc32)cc1. The summed E-state index contributed by atoms with van der Waals surface area (Å²) in [4.78, 5) is 21.1. The number of nitrogens with zero attached hydrogens (tertiary/aromatic N) is 3. The zero-order valence-electron chi connectivity index (χ0n) is 18.9. The number of carbonyl (C=O) groups is 1. The summed E-state index contributed by atoms with van der Waals surface area (Å²) in [6, 6.07) is 7.64. The molecule has 2 aromatic heterocycles. The zero-order chi connectivity index (χ0) is 23.3. The average molecular weight is 459 g/mol. The van der Waals surface area contributed by atoms with Crippen molar-refractivity contribution in [3.05, 3.63) is 54.1 Å². The second-order valence-corrected chi connectivity index (χ2v) is 9.94. The summed E-state index contributed by atoms with van der Waals surface area (Å²) < 4.78 is 35.6. The summed E-state index contributed by atoms with van der Waals surface area (Å²) in [6.45, 7) is 8.50. The molecule has 0 radical (unpaired) electrons. The lowest BCUT2D eigenvalue weighted by Crippen LogP contribution is -2.42. The predicted molar refractivity (Wildman–Crippen MR) is 123 cm³/mol. The maximum Gasteiger partial charge on any atom is 0.324 e. The maximum absolute atomic E-state index is 12.9. The Kier molecular flexibility index (Phi) is 7.63. The van der Waals surface area contributed by atoms with E-state index in [0.29, 0.717) is 19.4 Å². The number of pyridine rings is 1. The van der Waals surface area contributed by atoms with Gasteiger partial charge in [-0.2, -0.15) is 4.72 Å². The molecular weight excluding hydrogens is 428 g/mol. The number of carbonyl (C=O) groups excluding carboxylic acids is 1. The quantitative estimate of drug-likeness (QED) is 0.467. The van der Waals surface area contributed by atoms with Crippen LogP contribution in [0.3, 0.4) is 0 Å². The Hall–Kier alpha value is -2.78. The Labute approximate surface area is 189 Å². The van der Waals surface area contributed by atoms with Gasteiger partial charge >= 0.3 is 5.97 Å². The van der Waals surface area contributed by atoms with Gasteiger partial charge in [-0.1, -0.05) is 32.9 Å². The number of esters is 1. The Morgan fingerprint density at radius 1 is 1.19 bits per heavy atom. The Morgan fingerprint density at radius 3 is 2.56 bits per heavy atom. The standard InChI is InChI=1S/C23H30N4O4S/c1-5-12-31-23(28)20(13-16(2)3)26-32(29,30)19-8-6-18(7-9-19)15-27-17(4)25-21-14-24-11-10-22(21)27/h6-11,14,16,20,26H,5,12-13,15H2,1-4H3/t20-/m0/s1. The molecule has 9 heteroatoms. The van der Waals surface area contributed by atoms with Gasteiger partial charge in [-0.05, 0) is 49.4 Å². The third kappa shape index (κ3) is 5.72. The molecule has 0 aliphatic carbocycles. The van der Waals surface area contributed by atoms with Crippen molar-refractivity contribution in [3.63, 3.8) is 0 Å². The summed E-state index contributed by atoms with van der Waals surface area (Å²) in [5, 5.41) is 0. The van der Waals surface area contributed by atoms with Crippen LogP contribution < -0.4 is 4.72 Å². The molecule has 1 N–H and O–H groups in total. The molecule has 3 aromatic rings. The van der Waals surface area contributed by atoms with Crippen LogP contribution in [0.5, 0.6) is 0 Å². The number of aryl methyl sites for hydroxylation is 1. The largest absolute Gasteiger partial charge is 0.465 e. The maximum atomic E-state index is 12.9. The highest BCUT2D eigenvalue weighted by Gasteiger charge is 2.27. The van der Waals surface area contributed by atoms with Crippen LogP contribution in [0.15, 0.2) is 47.6 Å². The van der Waals surface area contributed by atoms with Crippen molar-refractivity contribution in [2.45, 2.75) is 58.0 Å². The van der Waals surface area contributed by atoms with E-state index < -0.39 is 22.0 Å². The number of nitrogens with one attached hydrogen (secondary N) is 1. The van der Waals surface area contributed by atoms with Crippen molar-refractivity contribution >= 4 is 27.0 Å². The minimum Gasteiger partial charge on any atom is -0.465 e. The molecule has 8 nitrogen and oxygen atoms in total. The number of hydrogen-bond acceptors (Lipinski definition) is 6. The van der Waals surface area contributed by atoms with E-state index in [9.17, 15) is 13.2 Å². The first-order valence-corrected chi connectivity index (χ1v) is 12.2. The van der Waals surface area contributed by atoms with E-state index in [4.69, 9.17) is 4.74 Å². The van der Waals surface area contributed by atoms with Gasteiger partial charge in [-0.3, -0.25) is 9.78 Å². The molecule has 1 aromatic carbocycles. The monoisotopic (exact) mass is 458 g/mol. The number of rotatable bonds is 10. The summed E-state index contributed by atoms with van der Waals surface area (Å²) in [7, 11) is -3.88. The van der Waals surface area contributed by atoms with Gasteiger partial charge in [0.05, 0.1) is 23.2 Å². The number of sulfonamides is 1. The van der Waals surface area contributed by atoms with Gasteiger partial charge in [-0.25, -0.2) is 13.4 Å². The molecule has 1 atom stereocenters. The molecule has 0 aliphatic rings. The third-order valence-corrected chi connectivity index (χ3v) is 6.54. The lowest BCUT2D eigenvalue weighted by Gasteiger charge is -2.19. The molecule has 0 saturated carbocycles. The van der Waals surface area contributed by atoms with E-state index in [1.165, 1.54) is 0 Å². The predicted octanol–water partition coefficient (Wildman–Crippen LogP) is 3.43. The highest BCUT2D eigenvalue weighted by Crippen LogP contribution is 2.19. The van der Waals surface area contributed by atoms with Crippen molar-refractivity contribution in [3.8, 4) is 0 Å². The van der Waals surface area contributed by atoms with Gasteiger partial charge in [0.1, 0.15) is 17.4 Å². The van der Waals surface area contributed by atoms with Gasteiger partial charge in [0.15, 0.2) is 0 Å². The highest BCUT2D eigenvalue weighted by molar-refractivity contribution is 7.89. The molecule has 3 rings (SSSR count). The number of ether oxygens (including phenoxy) is 1. The second kappa shape index (κ2) is 10.2. The van der Waals surface area contributed by atoms with Crippen LogP contribution in [0, 0.1) is 12.8 Å². The molecule has 0 fully saturated rings. The van der Waals surface area contributed by atoms with E-state index in [1.54, 1.807) is 36.7 Å². The molecule has 32 heavy (non-hydrogen) atoms. The smallest absolute Gasteiger partial charge is 0.324 e. The van der Waals surface area contributed by atoms with E-state index in [0.717, 1.165) is 22.4 Å². The molecular formula is C23H30N4O4S. The van der Waals surface area contributed by atoms with Crippen LogP contribution in [0.1, 0.15) is 45.0 Å². The van der Waals surface area contributed by atoms with Crippen LogP contribution in [0.2, 0.25) is 0 Å². The Bertz CT molecular complexity index is 1170. The first kappa shape index (κ1) is 23.9. The van der Waals surface area contributed by atoms with Gasteiger partial charge in [-0.15, -0.1) is 0 Å². The fourth-order valence-corrected chi connectivity index (χ4v) is 4.68. The second-order valence-electron chi connectivity index (χ2n) is 8.22. The molecule has 172 valence electrons. The lowest BCUT2D eigenvalue weighted by molar-refractivity contribution is -0.146. The molecule has 0 bridgehead atoms. The van der Waals surface area contributed by atoms with Crippen LogP contribution in [-0.2, 0) is 26.1 Å². The molecule has 2 heterocycles. The number of aromatic nitrogens is 3. The van der Waals surface area contributed by atoms with E-state index in [1.807, 2.05) is 33.8 Å². The number of fused-ring (bicyclic) bond motifs is 1. The molecule has 0 aliphatic heterocycles. The van der Waals surface area contributed by atoms with E-state index >= 15 is 0 Å². The highest BCUT2D eigenvalue weighted by atomic mass is 32.2. The van der Waals surface area contributed by atoms with Crippen LogP contribution >= 0.6 is 0 Å². The van der Waals surface area contributed by atoms with Gasteiger partial charge in [0.25, 0.3) is 0 Å². The number of hydrogen-bond donors (Lipinski definition) is 1. The summed E-state index contributed by atoms with van der Waals surface area (Å²) >= 11 is 0. The average Bonchev–Trinajstić information content (AvgIpc) is 3.06. The van der Waals surface area contributed by atoms with Gasteiger partial charge in [0.2, 0.25) is 10.0 Å². The summed E-state index contributed by atoms with van der Waals surface area (Å²) in [5.41, 5.74) is 2.72. The first-order chi connectivity index (χ1) is 15.2. The Morgan fingerprint density at radius 2 is 1.91 bits per heavy atom. The van der Waals surface area contributed by atoms with E-state index in [2.05, 4.69) is 19.3 Å². The third-order valence-electron chi connectivity index (χ3n) is 5.05. The minimum absolute atomic E-state index is 0.106. The lowest BCUT2D eigenvalue weighted by atomic mass is 10.1. The number of benzene rings is 1. The fourth-order valence-electron chi connectivity index (χ4n) is 3.48. The van der Waals surface area contributed by atoms with Gasteiger partial charge in [0, 0.05) is 12.7 Å². The van der Waals surface area contributed by atoms with Crippen molar-refractivity contribution in [2.75, 3.05) is 6.61 Å². The van der Waals surface area contributed by atoms with Crippen molar-refractivity contribution in [1.29, 1.82) is 0 Å². The van der Waals surface area contributed by atoms with Crippen molar-refractivity contribution in [2.24, 2.45) is 5.92 Å². The van der Waals surface area contributed by atoms with Crippen LogP contribution in [0.25, 0.3) is 11.0 Å². The Balaban J connectivity index is 1.77. The topological polar surface area (TPSA) is 103 Å². The summed E-state index contributed by atoms with van der Waals surface area (Å²) in [6.07, 6.45) is 4.48. The molecule has 0 saturated heterocycles. The molecule has 0 spiro atoms. The van der Waals surface area contributed by atoms with Crippen LogP contribution in [0.4, 0.5) is 0 Å². The normalized spacial score (nSPS) is 12.9. The zero-order valence-corrected chi connectivity index (χ0v) is 19.7. The molecule has 0 amide bonds. The minimum atomic E-state index is -3.88. The van der Waals surface area contributed by atoms with Crippen molar-refractivity contribution < 1.29 is 17.9 Å². The summed E-state index contributed by atoms with van der Waals surface area (Å²) in [5.74, 6) is 0.439. The van der Waals surface area contributed by atoms with Crippen molar-refractivity contribution in [1.82, 2.24) is 19.3 Å². The van der Waals surface area contributed by atoms with E-state index in [-0.39, 0.29) is 17.4 Å². The fraction of sp³-hybridized carbons (Fsp3) is 0.435. The first-order valence-electron chi connectivity index (χ1n) is 10.8. The van der Waals surface area contributed by atoms with Gasteiger partial charge < -0.3 is 9.30 Å². The molecule has 0 unspecified atom stereocenters. The number of imidazole rings is 1.